The highest BCUT2D eigenvalue weighted by Crippen LogP contribution is 2.23. The first-order valence-electron chi connectivity index (χ1n) is 4.48. The van der Waals surface area contributed by atoms with Crippen molar-refractivity contribution in [3.63, 3.8) is 0 Å². The number of nitrogens with two attached hydrogens (primary N) is 1. The Morgan fingerprint density at radius 2 is 2.31 bits per heavy atom. The molecule has 0 saturated carbocycles. The molecule has 2 rings (SSSR count). The molecule has 0 bridgehead atoms. The van der Waals surface area contributed by atoms with E-state index in [4.69, 9.17) is 17.3 Å². The van der Waals surface area contributed by atoms with E-state index in [0.717, 1.165) is 5.01 Å². The average molecular weight is 273 g/mol. The normalized spacial score (nSPS) is 12.6. The molecule has 0 spiro atoms. The van der Waals surface area contributed by atoms with Crippen molar-refractivity contribution in [1.82, 2.24) is 4.98 Å². The molecule has 16 heavy (non-hydrogen) atoms. The van der Waals surface area contributed by atoms with Crippen molar-refractivity contribution < 1.29 is 4.21 Å². The van der Waals surface area contributed by atoms with Crippen molar-refractivity contribution in [1.29, 1.82) is 0 Å². The third kappa shape index (κ3) is 2.61. The van der Waals surface area contributed by atoms with Crippen LogP contribution < -0.4 is 5.73 Å². The zero-order chi connectivity index (χ0) is 11.5. The van der Waals surface area contributed by atoms with Crippen LogP contribution in [0.1, 0.15) is 5.01 Å². The quantitative estimate of drug-likeness (QED) is 0.874. The minimum Gasteiger partial charge on any atom is -0.398 e. The maximum Gasteiger partial charge on any atom is 0.105 e. The summed E-state index contributed by atoms with van der Waals surface area (Å²) in [5, 5.41) is 3.15. The summed E-state index contributed by atoms with van der Waals surface area (Å²) in [7, 11) is -1.12. The van der Waals surface area contributed by atoms with Crippen molar-refractivity contribution in [3.05, 3.63) is 39.8 Å². The van der Waals surface area contributed by atoms with Crippen molar-refractivity contribution in [2.75, 3.05) is 5.73 Å². The van der Waals surface area contributed by atoms with Gasteiger partial charge in [-0.15, -0.1) is 11.3 Å². The van der Waals surface area contributed by atoms with Gasteiger partial charge in [-0.25, -0.2) is 4.98 Å². The van der Waals surface area contributed by atoms with Gasteiger partial charge in [-0.05, 0) is 18.2 Å². The van der Waals surface area contributed by atoms with Crippen molar-refractivity contribution in [2.45, 2.75) is 10.6 Å². The number of rotatable bonds is 3. The molecule has 1 atom stereocenters. The first-order valence-corrected chi connectivity index (χ1v) is 7.06. The molecule has 1 unspecified atom stereocenters. The molecule has 1 heterocycles. The zero-order valence-corrected chi connectivity index (χ0v) is 10.6. The summed E-state index contributed by atoms with van der Waals surface area (Å²) in [6.07, 6.45) is 1.70. The number of hydrogen-bond acceptors (Lipinski definition) is 4. The van der Waals surface area contributed by atoms with Crippen LogP contribution in [0.2, 0.25) is 5.02 Å². The highest BCUT2D eigenvalue weighted by Gasteiger charge is 2.08. The molecule has 0 radical (unpaired) electrons. The fourth-order valence-corrected chi connectivity index (χ4v) is 3.34. The molecule has 0 saturated heterocycles. The van der Waals surface area contributed by atoms with Gasteiger partial charge in [-0.1, -0.05) is 11.6 Å². The molecule has 3 nitrogen and oxygen atoms in total. The van der Waals surface area contributed by atoms with Crippen LogP contribution in [0.25, 0.3) is 0 Å². The second-order valence-electron chi connectivity index (χ2n) is 3.10. The molecular weight excluding hydrogens is 264 g/mol. The highest BCUT2D eigenvalue weighted by atomic mass is 35.5. The van der Waals surface area contributed by atoms with E-state index in [1.807, 2.05) is 5.38 Å². The molecule has 6 heteroatoms. The largest absolute Gasteiger partial charge is 0.398 e. The molecule has 1 aromatic carbocycles. The molecule has 2 N–H and O–H groups in total. The summed E-state index contributed by atoms with van der Waals surface area (Å²) in [5.41, 5.74) is 6.08. The summed E-state index contributed by atoms with van der Waals surface area (Å²) in [6, 6.07) is 5.03. The second kappa shape index (κ2) is 4.95. The SMILES string of the molecule is Nc1ccc(S(=O)Cc2nccs2)cc1Cl. The van der Waals surface area contributed by atoms with Gasteiger partial charge >= 0.3 is 0 Å². The number of thiazole rings is 1. The van der Waals surface area contributed by atoms with Gasteiger partial charge in [0.2, 0.25) is 0 Å². The van der Waals surface area contributed by atoms with Gasteiger partial charge in [0, 0.05) is 16.5 Å². The van der Waals surface area contributed by atoms with Crippen molar-refractivity contribution in [2.24, 2.45) is 0 Å². The number of hydrogen-bond donors (Lipinski definition) is 1. The van der Waals surface area contributed by atoms with E-state index in [1.165, 1.54) is 11.3 Å². The third-order valence-electron chi connectivity index (χ3n) is 1.97. The molecular formula is C10H9ClN2OS2. The predicted molar refractivity (Wildman–Crippen MR) is 68.1 cm³/mol. The number of benzene rings is 1. The molecule has 0 amide bonds. The Balaban J connectivity index is 2.18. The first-order chi connectivity index (χ1) is 7.66. The van der Waals surface area contributed by atoms with E-state index in [1.54, 1.807) is 24.4 Å². The predicted octanol–water partition coefficient (Wildman–Crippen LogP) is 2.69. The Morgan fingerprint density at radius 3 is 2.94 bits per heavy atom. The van der Waals surface area contributed by atoms with Gasteiger partial charge in [0.1, 0.15) is 5.01 Å². The van der Waals surface area contributed by atoms with Crippen molar-refractivity contribution >= 4 is 39.4 Å². The van der Waals surface area contributed by atoms with Crippen LogP contribution in [0, 0.1) is 0 Å². The zero-order valence-electron chi connectivity index (χ0n) is 8.22. The van der Waals surface area contributed by atoms with Crippen LogP contribution in [0.4, 0.5) is 5.69 Å². The number of nitrogen functional groups attached to an aromatic ring is 1. The Labute approximate surface area is 105 Å². The topological polar surface area (TPSA) is 56.0 Å². The number of halogens is 1. The highest BCUT2D eigenvalue weighted by molar-refractivity contribution is 7.84. The lowest BCUT2D eigenvalue weighted by atomic mass is 10.3. The van der Waals surface area contributed by atoms with E-state index < -0.39 is 10.8 Å². The molecule has 0 aliphatic rings. The Kier molecular flexibility index (Phi) is 3.58. The average Bonchev–Trinajstić information content (AvgIpc) is 2.74. The standard InChI is InChI=1S/C10H9ClN2OS2/c11-8-5-7(1-2-9(8)12)16(14)6-10-13-3-4-15-10/h1-5H,6,12H2. The lowest BCUT2D eigenvalue weighted by Crippen LogP contribution is -1.97. The summed E-state index contributed by atoms with van der Waals surface area (Å²) in [5.74, 6) is 0.415. The van der Waals surface area contributed by atoms with Crippen LogP contribution in [-0.2, 0) is 16.6 Å². The van der Waals surface area contributed by atoms with E-state index in [2.05, 4.69) is 4.98 Å². The van der Waals surface area contributed by atoms with Crippen LogP contribution in [-0.4, -0.2) is 9.19 Å². The molecule has 1 aromatic heterocycles. The first kappa shape index (κ1) is 11.6. The van der Waals surface area contributed by atoms with Gasteiger partial charge in [0.05, 0.1) is 27.3 Å². The van der Waals surface area contributed by atoms with E-state index >= 15 is 0 Å². The number of anilines is 1. The summed E-state index contributed by atoms with van der Waals surface area (Å²) in [6.45, 7) is 0. The van der Waals surface area contributed by atoms with Gasteiger partial charge in [-0.3, -0.25) is 4.21 Å². The monoisotopic (exact) mass is 272 g/mol. The lowest BCUT2D eigenvalue weighted by molar-refractivity contribution is 0.682. The Morgan fingerprint density at radius 1 is 1.50 bits per heavy atom. The summed E-state index contributed by atoms with van der Waals surface area (Å²) in [4.78, 5) is 4.76. The van der Waals surface area contributed by atoms with Crippen LogP contribution >= 0.6 is 22.9 Å². The van der Waals surface area contributed by atoms with E-state index in [0.29, 0.717) is 21.4 Å². The number of aromatic nitrogens is 1. The van der Waals surface area contributed by atoms with E-state index in [9.17, 15) is 4.21 Å². The van der Waals surface area contributed by atoms with Gasteiger partial charge in [-0.2, -0.15) is 0 Å². The fourth-order valence-electron chi connectivity index (χ4n) is 1.17. The Bertz CT molecular complexity index is 514. The molecule has 84 valence electrons. The van der Waals surface area contributed by atoms with Gasteiger partial charge in [0.25, 0.3) is 0 Å². The molecule has 0 aliphatic heterocycles. The second-order valence-corrected chi connectivity index (χ2v) is 5.94. The molecule has 2 aromatic rings. The van der Waals surface area contributed by atoms with Crippen LogP contribution in [0.3, 0.4) is 0 Å². The van der Waals surface area contributed by atoms with Crippen LogP contribution in [0.15, 0.2) is 34.7 Å². The summed E-state index contributed by atoms with van der Waals surface area (Å²) < 4.78 is 12.0. The molecule has 0 fully saturated rings. The third-order valence-corrected chi connectivity index (χ3v) is 4.58. The lowest BCUT2D eigenvalue weighted by Gasteiger charge is -2.02. The Hall–Kier alpha value is -0.910. The minimum atomic E-state index is -1.12. The smallest absolute Gasteiger partial charge is 0.105 e. The minimum absolute atomic E-state index is 0.415. The van der Waals surface area contributed by atoms with Crippen LogP contribution in [0.5, 0.6) is 0 Å². The number of nitrogens with zero attached hydrogens (tertiary/aromatic N) is 1. The van der Waals surface area contributed by atoms with Crippen molar-refractivity contribution in [3.8, 4) is 0 Å². The summed E-state index contributed by atoms with van der Waals surface area (Å²) >= 11 is 7.36. The maximum atomic E-state index is 12.0. The molecule has 0 aliphatic carbocycles. The van der Waals surface area contributed by atoms with E-state index in [-0.39, 0.29) is 0 Å². The fraction of sp³-hybridized carbons (Fsp3) is 0.100. The van der Waals surface area contributed by atoms with Gasteiger partial charge in [0.15, 0.2) is 0 Å². The van der Waals surface area contributed by atoms with Gasteiger partial charge < -0.3 is 5.73 Å². The maximum absolute atomic E-state index is 12.0.